The Labute approximate surface area is 151 Å². The Balaban J connectivity index is 1.42. The summed E-state index contributed by atoms with van der Waals surface area (Å²) in [5.41, 5.74) is 0.719. The number of likely N-dealkylation sites (tertiary alicyclic amines) is 1. The quantitative estimate of drug-likeness (QED) is 0.830. The van der Waals surface area contributed by atoms with Gasteiger partial charge in [0.25, 0.3) is 5.91 Å². The molecule has 1 N–H and O–H groups in total. The molecule has 25 heavy (non-hydrogen) atoms. The predicted octanol–water partition coefficient (Wildman–Crippen LogP) is 1.93. The van der Waals surface area contributed by atoms with E-state index >= 15 is 0 Å². The van der Waals surface area contributed by atoms with Gasteiger partial charge in [-0.15, -0.1) is 0 Å². The third-order valence-corrected chi connectivity index (χ3v) is 5.34. The van der Waals surface area contributed by atoms with Crippen molar-refractivity contribution in [3.63, 3.8) is 0 Å². The molecule has 7 heteroatoms. The van der Waals surface area contributed by atoms with Crippen LogP contribution in [0.3, 0.4) is 0 Å². The highest BCUT2D eigenvalue weighted by molar-refractivity contribution is 7.99. The molecule has 0 unspecified atom stereocenters. The Morgan fingerprint density at radius 3 is 2.60 bits per heavy atom. The summed E-state index contributed by atoms with van der Waals surface area (Å²) in [7, 11) is 1.91. The molecular weight excluding hydrogens is 336 g/mol. The number of nitrogens with one attached hydrogen (secondary N) is 1. The lowest BCUT2D eigenvalue weighted by Crippen LogP contribution is -2.47. The molecule has 132 valence electrons. The molecule has 1 aromatic heterocycles. The number of carbonyl (C=O) groups is 2. The van der Waals surface area contributed by atoms with Crippen molar-refractivity contribution in [3.05, 3.63) is 48.3 Å². The van der Waals surface area contributed by atoms with Gasteiger partial charge in [-0.25, -0.2) is 4.98 Å². The van der Waals surface area contributed by atoms with E-state index < -0.39 is 0 Å². The number of hydrogen-bond acceptors (Lipinski definition) is 4. The van der Waals surface area contributed by atoms with Crippen LogP contribution in [0.1, 0.15) is 23.2 Å². The maximum atomic E-state index is 12.4. The van der Waals surface area contributed by atoms with E-state index in [9.17, 15) is 9.59 Å². The summed E-state index contributed by atoms with van der Waals surface area (Å²) in [5.74, 6) is 0.435. The number of piperidine rings is 1. The molecule has 0 bridgehead atoms. The van der Waals surface area contributed by atoms with E-state index in [1.165, 1.54) is 11.8 Å². The molecule has 2 aromatic rings. The minimum absolute atomic E-state index is 0.0147. The zero-order valence-electron chi connectivity index (χ0n) is 14.2. The zero-order chi connectivity index (χ0) is 17.6. The normalized spacial score (nSPS) is 15.2. The highest BCUT2D eigenvalue weighted by Gasteiger charge is 2.24. The van der Waals surface area contributed by atoms with Crippen LogP contribution in [0.2, 0.25) is 0 Å². The fourth-order valence-electron chi connectivity index (χ4n) is 2.88. The molecule has 0 atom stereocenters. The van der Waals surface area contributed by atoms with Gasteiger partial charge in [0.05, 0.1) is 5.75 Å². The molecule has 0 radical (unpaired) electrons. The first-order chi connectivity index (χ1) is 12.1. The van der Waals surface area contributed by atoms with Crippen LogP contribution >= 0.6 is 11.8 Å². The van der Waals surface area contributed by atoms with Gasteiger partial charge in [0.1, 0.15) is 0 Å². The van der Waals surface area contributed by atoms with E-state index in [1.807, 2.05) is 53.0 Å². The van der Waals surface area contributed by atoms with Crippen molar-refractivity contribution in [2.75, 3.05) is 18.8 Å². The van der Waals surface area contributed by atoms with Gasteiger partial charge in [0, 0.05) is 44.1 Å². The number of benzene rings is 1. The van der Waals surface area contributed by atoms with Crippen molar-refractivity contribution in [2.45, 2.75) is 24.0 Å². The molecule has 0 spiro atoms. The van der Waals surface area contributed by atoms with E-state index in [0.29, 0.717) is 18.8 Å². The molecule has 1 saturated heterocycles. The molecular formula is C18H22N4O2S. The Kier molecular flexibility index (Phi) is 5.75. The number of rotatable bonds is 5. The Morgan fingerprint density at radius 1 is 1.24 bits per heavy atom. The predicted molar refractivity (Wildman–Crippen MR) is 97.4 cm³/mol. The number of amides is 2. The van der Waals surface area contributed by atoms with Crippen molar-refractivity contribution in [3.8, 4) is 0 Å². The molecule has 1 aliphatic rings. The van der Waals surface area contributed by atoms with E-state index in [2.05, 4.69) is 10.3 Å². The van der Waals surface area contributed by atoms with Crippen LogP contribution in [0.4, 0.5) is 0 Å². The van der Waals surface area contributed by atoms with Crippen LogP contribution in [0.15, 0.2) is 47.9 Å². The van der Waals surface area contributed by atoms with Crippen LogP contribution in [0, 0.1) is 0 Å². The maximum absolute atomic E-state index is 12.4. The Hall–Kier alpha value is -2.28. The van der Waals surface area contributed by atoms with E-state index in [4.69, 9.17) is 0 Å². The first-order valence-electron chi connectivity index (χ1n) is 8.37. The molecule has 1 aliphatic heterocycles. The Morgan fingerprint density at radius 2 is 1.96 bits per heavy atom. The summed E-state index contributed by atoms with van der Waals surface area (Å²) in [4.78, 5) is 30.6. The van der Waals surface area contributed by atoms with E-state index in [1.54, 1.807) is 6.20 Å². The van der Waals surface area contributed by atoms with Crippen molar-refractivity contribution in [1.29, 1.82) is 0 Å². The van der Waals surface area contributed by atoms with Crippen LogP contribution in [-0.2, 0) is 11.8 Å². The number of nitrogens with zero attached hydrogens (tertiary/aromatic N) is 3. The topological polar surface area (TPSA) is 67.2 Å². The fourth-order valence-corrected chi connectivity index (χ4v) is 3.62. The average Bonchev–Trinajstić information content (AvgIpc) is 3.06. The standard InChI is InChI=1S/C18H22N4O2S/c1-21-12-9-19-18(21)25-13-16(23)20-15-7-10-22(11-8-15)17(24)14-5-3-2-4-6-14/h2-6,9,12,15H,7-8,10-11,13H2,1H3,(H,20,23). The number of aromatic nitrogens is 2. The van der Waals surface area contributed by atoms with Gasteiger partial charge in [-0.1, -0.05) is 30.0 Å². The maximum Gasteiger partial charge on any atom is 0.253 e. The van der Waals surface area contributed by atoms with E-state index in [-0.39, 0.29) is 17.9 Å². The SMILES string of the molecule is Cn1ccnc1SCC(=O)NC1CCN(C(=O)c2ccccc2)CC1. The third kappa shape index (κ3) is 4.63. The molecule has 1 aromatic carbocycles. The van der Waals surface area contributed by atoms with Gasteiger partial charge in [-0.3, -0.25) is 9.59 Å². The van der Waals surface area contributed by atoms with Gasteiger partial charge in [0.2, 0.25) is 5.91 Å². The van der Waals surface area contributed by atoms with Crippen molar-refractivity contribution in [2.24, 2.45) is 7.05 Å². The summed E-state index contributed by atoms with van der Waals surface area (Å²) < 4.78 is 1.89. The highest BCUT2D eigenvalue weighted by atomic mass is 32.2. The van der Waals surface area contributed by atoms with Gasteiger partial charge in [0.15, 0.2) is 5.16 Å². The second-order valence-corrected chi connectivity index (χ2v) is 7.05. The van der Waals surface area contributed by atoms with E-state index in [0.717, 1.165) is 23.6 Å². The second kappa shape index (κ2) is 8.20. The number of hydrogen-bond donors (Lipinski definition) is 1. The molecule has 0 saturated carbocycles. The third-order valence-electron chi connectivity index (χ3n) is 4.28. The summed E-state index contributed by atoms with van der Waals surface area (Å²) >= 11 is 1.43. The van der Waals surface area contributed by atoms with Crippen LogP contribution in [0.5, 0.6) is 0 Å². The van der Waals surface area contributed by atoms with Crippen molar-refractivity contribution < 1.29 is 9.59 Å². The van der Waals surface area contributed by atoms with Crippen LogP contribution in [0.25, 0.3) is 0 Å². The molecule has 1 fully saturated rings. The molecule has 2 heterocycles. The second-order valence-electron chi connectivity index (χ2n) is 6.11. The summed E-state index contributed by atoms with van der Waals surface area (Å²) in [6, 6.07) is 9.46. The van der Waals surface area contributed by atoms with Gasteiger partial charge >= 0.3 is 0 Å². The molecule has 2 amide bonds. The molecule has 3 rings (SSSR count). The lowest BCUT2D eigenvalue weighted by molar-refractivity contribution is -0.119. The first-order valence-corrected chi connectivity index (χ1v) is 9.36. The average molecular weight is 358 g/mol. The lowest BCUT2D eigenvalue weighted by atomic mass is 10.0. The van der Waals surface area contributed by atoms with Crippen LogP contribution in [-0.4, -0.2) is 51.1 Å². The highest BCUT2D eigenvalue weighted by Crippen LogP contribution is 2.16. The van der Waals surface area contributed by atoms with Gasteiger partial charge in [-0.05, 0) is 25.0 Å². The fraction of sp³-hybridized carbons (Fsp3) is 0.389. The van der Waals surface area contributed by atoms with Gasteiger partial charge in [-0.2, -0.15) is 0 Å². The number of aryl methyl sites for hydroxylation is 1. The summed E-state index contributed by atoms with van der Waals surface area (Å²) in [5, 5.41) is 3.90. The molecule has 6 nitrogen and oxygen atoms in total. The first kappa shape index (κ1) is 17.5. The number of carbonyl (C=O) groups excluding carboxylic acids is 2. The number of thioether (sulfide) groups is 1. The smallest absolute Gasteiger partial charge is 0.253 e. The minimum atomic E-state index is 0.0147. The molecule has 0 aliphatic carbocycles. The summed E-state index contributed by atoms with van der Waals surface area (Å²) in [6.45, 7) is 1.34. The monoisotopic (exact) mass is 358 g/mol. The van der Waals surface area contributed by atoms with Gasteiger partial charge < -0.3 is 14.8 Å². The minimum Gasteiger partial charge on any atom is -0.353 e. The lowest BCUT2D eigenvalue weighted by Gasteiger charge is -2.32. The summed E-state index contributed by atoms with van der Waals surface area (Å²) in [6.07, 6.45) is 5.16. The number of imidazole rings is 1. The van der Waals surface area contributed by atoms with Crippen molar-refractivity contribution in [1.82, 2.24) is 19.8 Å². The van der Waals surface area contributed by atoms with Crippen molar-refractivity contribution >= 4 is 23.6 Å². The largest absolute Gasteiger partial charge is 0.353 e. The van der Waals surface area contributed by atoms with Crippen LogP contribution < -0.4 is 5.32 Å². The zero-order valence-corrected chi connectivity index (χ0v) is 15.0. The Bertz CT molecular complexity index is 724.